The molecule has 1 N–H and O–H groups in total. The van der Waals surface area contributed by atoms with Crippen molar-refractivity contribution in [2.24, 2.45) is 5.92 Å². The molecular weight excluding hydrogens is 194 g/mol. The maximum absolute atomic E-state index is 3.49. The Morgan fingerprint density at radius 1 is 1.06 bits per heavy atom. The summed E-state index contributed by atoms with van der Waals surface area (Å²) in [6.45, 7) is 8.89. The molecule has 1 nitrogen and oxygen atoms in total. The van der Waals surface area contributed by atoms with Gasteiger partial charge >= 0.3 is 0 Å². The lowest BCUT2D eigenvalue weighted by Gasteiger charge is -2.07. The first-order chi connectivity index (χ1) is 7.72. The second kappa shape index (κ2) is 7.45. The summed E-state index contributed by atoms with van der Waals surface area (Å²) in [5.41, 5.74) is 2.81. The highest BCUT2D eigenvalue weighted by Crippen LogP contribution is 2.05. The molecule has 1 aromatic rings. The Morgan fingerprint density at radius 3 is 2.25 bits per heavy atom. The lowest BCUT2D eigenvalue weighted by atomic mass is 10.1. The van der Waals surface area contributed by atoms with Gasteiger partial charge in [0.25, 0.3) is 0 Å². The van der Waals surface area contributed by atoms with Crippen molar-refractivity contribution in [1.29, 1.82) is 0 Å². The molecule has 0 saturated heterocycles. The third-order valence-electron chi connectivity index (χ3n) is 2.90. The van der Waals surface area contributed by atoms with E-state index in [1.54, 1.807) is 0 Å². The smallest absolute Gasteiger partial charge is 0.0205 e. The summed E-state index contributed by atoms with van der Waals surface area (Å²) in [6.07, 6.45) is 3.73. The normalized spacial score (nSPS) is 11.0. The molecule has 1 aromatic carbocycles. The lowest BCUT2D eigenvalue weighted by Crippen LogP contribution is -2.15. The minimum Gasteiger partial charge on any atom is -0.313 e. The van der Waals surface area contributed by atoms with Crippen LogP contribution in [0.4, 0.5) is 0 Å². The minimum atomic E-state index is 0.825. The molecule has 0 fully saturated rings. The Balaban J connectivity index is 2.16. The van der Waals surface area contributed by atoms with Gasteiger partial charge in [0.1, 0.15) is 0 Å². The molecule has 0 atom stereocenters. The van der Waals surface area contributed by atoms with E-state index in [2.05, 4.69) is 50.4 Å². The largest absolute Gasteiger partial charge is 0.313 e. The highest BCUT2D eigenvalue weighted by Gasteiger charge is 1.95. The first-order valence-electron chi connectivity index (χ1n) is 6.51. The molecule has 0 radical (unpaired) electrons. The minimum absolute atomic E-state index is 0.825. The summed E-state index contributed by atoms with van der Waals surface area (Å²) in [5, 5.41) is 3.49. The molecule has 0 aromatic heterocycles. The van der Waals surface area contributed by atoms with Crippen molar-refractivity contribution in [2.75, 3.05) is 6.54 Å². The van der Waals surface area contributed by atoms with Crippen LogP contribution in [0.15, 0.2) is 24.3 Å². The maximum Gasteiger partial charge on any atom is 0.0205 e. The zero-order chi connectivity index (χ0) is 11.8. The molecule has 0 unspecified atom stereocenters. The van der Waals surface area contributed by atoms with Crippen LogP contribution in [0.5, 0.6) is 0 Å². The number of nitrogens with one attached hydrogen (secondary N) is 1. The van der Waals surface area contributed by atoms with E-state index in [9.17, 15) is 0 Å². The molecule has 90 valence electrons. The monoisotopic (exact) mass is 219 g/mol. The van der Waals surface area contributed by atoms with E-state index in [-0.39, 0.29) is 0 Å². The van der Waals surface area contributed by atoms with E-state index in [4.69, 9.17) is 0 Å². The summed E-state index contributed by atoms with van der Waals surface area (Å²) in [5.74, 6) is 0.825. The highest BCUT2D eigenvalue weighted by molar-refractivity contribution is 5.22. The zero-order valence-corrected chi connectivity index (χ0v) is 10.9. The first-order valence-corrected chi connectivity index (χ1v) is 6.51. The Kier molecular flexibility index (Phi) is 6.17. The van der Waals surface area contributed by atoms with Gasteiger partial charge < -0.3 is 5.32 Å². The van der Waals surface area contributed by atoms with Crippen molar-refractivity contribution in [2.45, 2.75) is 46.6 Å². The lowest BCUT2D eigenvalue weighted by molar-refractivity contribution is 0.527. The van der Waals surface area contributed by atoms with Crippen LogP contribution in [-0.4, -0.2) is 6.54 Å². The van der Waals surface area contributed by atoms with Gasteiger partial charge in [-0.3, -0.25) is 0 Å². The van der Waals surface area contributed by atoms with Crippen LogP contribution in [0.1, 0.15) is 44.7 Å². The van der Waals surface area contributed by atoms with Gasteiger partial charge in [-0.15, -0.1) is 0 Å². The van der Waals surface area contributed by atoms with Gasteiger partial charge in [-0.25, -0.2) is 0 Å². The maximum atomic E-state index is 3.49. The Hall–Kier alpha value is -0.820. The van der Waals surface area contributed by atoms with Crippen LogP contribution in [0.2, 0.25) is 0 Å². The first kappa shape index (κ1) is 13.2. The van der Waals surface area contributed by atoms with Gasteiger partial charge in [-0.2, -0.15) is 0 Å². The van der Waals surface area contributed by atoms with Crippen molar-refractivity contribution in [3.05, 3.63) is 35.4 Å². The van der Waals surface area contributed by atoms with Gasteiger partial charge in [0.05, 0.1) is 0 Å². The van der Waals surface area contributed by atoms with Crippen molar-refractivity contribution < 1.29 is 0 Å². The van der Waals surface area contributed by atoms with Crippen LogP contribution in [0, 0.1) is 5.92 Å². The number of rotatable bonds is 7. The van der Waals surface area contributed by atoms with E-state index < -0.39 is 0 Å². The number of benzene rings is 1. The molecule has 0 saturated carbocycles. The SMILES string of the molecule is CCc1ccc(CNCCCC(C)C)cc1. The predicted octanol–water partition coefficient (Wildman–Crippen LogP) is 3.77. The third kappa shape index (κ3) is 5.32. The summed E-state index contributed by atoms with van der Waals surface area (Å²) in [7, 11) is 0. The fourth-order valence-corrected chi connectivity index (χ4v) is 1.76. The van der Waals surface area contributed by atoms with Gasteiger partial charge in [-0.05, 0) is 42.9 Å². The topological polar surface area (TPSA) is 12.0 Å². The summed E-state index contributed by atoms with van der Waals surface area (Å²) in [4.78, 5) is 0. The van der Waals surface area contributed by atoms with E-state index in [0.29, 0.717) is 0 Å². The fourth-order valence-electron chi connectivity index (χ4n) is 1.76. The molecular formula is C15H25N. The third-order valence-corrected chi connectivity index (χ3v) is 2.90. The Morgan fingerprint density at radius 2 is 1.69 bits per heavy atom. The average molecular weight is 219 g/mol. The van der Waals surface area contributed by atoms with E-state index >= 15 is 0 Å². The van der Waals surface area contributed by atoms with E-state index in [0.717, 1.165) is 25.4 Å². The molecule has 1 heteroatoms. The molecule has 0 heterocycles. The molecule has 0 aliphatic heterocycles. The van der Waals surface area contributed by atoms with Gasteiger partial charge in [0.15, 0.2) is 0 Å². The van der Waals surface area contributed by atoms with Gasteiger partial charge in [0, 0.05) is 6.54 Å². The van der Waals surface area contributed by atoms with E-state index in [1.807, 2.05) is 0 Å². The molecule has 0 spiro atoms. The standard InChI is InChI=1S/C15H25N/c1-4-14-7-9-15(10-8-14)12-16-11-5-6-13(2)3/h7-10,13,16H,4-6,11-12H2,1-3H3. The summed E-state index contributed by atoms with van der Waals surface area (Å²) < 4.78 is 0. The summed E-state index contributed by atoms with van der Waals surface area (Å²) in [6, 6.07) is 8.92. The van der Waals surface area contributed by atoms with Crippen LogP contribution in [-0.2, 0) is 13.0 Å². The Labute approximate surface area is 100 Å². The van der Waals surface area contributed by atoms with E-state index in [1.165, 1.54) is 24.0 Å². The van der Waals surface area contributed by atoms with Crippen LogP contribution in [0.25, 0.3) is 0 Å². The second-order valence-electron chi connectivity index (χ2n) is 4.88. The molecule has 1 rings (SSSR count). The van der Waals surface area contributed by atoms with Crippen molar-refractivity contribution in [3.8, 4) is 0 Å². The molecule has 0 aliphatic rings. The fraction of sp³-hybridized carbons (Fsp3) is 0.600. The zero-order valence-electron chi connectivity index (χ0n) is 10.9. The highest BCUT2D eigenvalue weighted by atomic mass is 14.8. The molecule has 0 bridgehead atoms. The van der Waals surface area contributed by atoms with Crippen molar-refractivity contribution in [3.63, 3.8) is 0 Å². The van der Waals surface area contributed by atoms with Crippen LogP contribution >= 0.6 is 0 Å². The van der Waals surface area contributed by atoms with Crippen LogP contribution < -0.4 is 5.32 Å². The van der Waals surface area contributed by atoms with Crippen LogP contribution in [0.3, 0.4) is 0 Å². The second-order valence-corrected chi connectivity index (χ2v) is 4.88. The quantitative estimate of drug-likeness (QED) is 0.688. The van der Waals surface area contributed by atoms with Crippen molar-refractivity contribution >= 4 is 0 Å². The number of hydrogen-bond acceptors (Lipinski definition) is 1. The van der Waals surface area contributed by atoms with Gasteiger partial charge in [0.2, 0.25) is 0 Å². The number of hydrogen-bond donors (Lipinski definition) is 1. The predicted molar refractivity (Wildman–Crippen MR) is 71.6 cm³/mol. The average Bonchev–Trinajstić information content (AvgIpc) is 2.29. The Bertz CT molecular complexity index is 274. The summed E-state index contributed by atoms with van der Waals surface area (Å²) >= 11 is 0. The molecule has 0 amide bonds. The van der Waals surface area contributed by atoms with Gasteiger partial charge in [-0.1, -0.05) is 45.0 Å². The molecule has 16 heavy (non-hydrogen) atoms. The van der Waals surface area contributed by atoms with Crippen molar-refractivity contribution in [1.82, 2.24) is 5.32 Å². The molecule has 0 aliphatic carbocycles. The number of aryl methyl sites for hydroxylation is 1.